The largest absolute Gasteiger partial charge is 0.377 e. The third-order valence-corrected chi connectivity index (χ3v) is 6.48. The topological polar surface area (TPSA) is 24.5 Å². The molecule has 0 spiro atoms. The minimum absolute atomic E-state index is 0.354. The van der Waals surface area contributed by atoms with Crippen molar-refractivity contribution in [2.45, 2.75) is 69.6 Å². The maximum atomic E-state index is 5.93. The summed E-state index contributed by atoms with van der Waals surface area (Å²) in [4.78, 5) is 2.81. The second-order valence-corrected chi connectivity index (χ2v) is 8.19. The fraction of sp³-hybridized carbons (Fsp3) is 1.00. The van der Waals surface area contributed by atoms with Gasteiger partial charge in [-0.1, -0.05) is 0 Å². The molecule has 1 N–H and O–H groups in total. The van der Waals surface area contributed by atoms with E-state index in [0.717, 1.165) is 25.0 Å². The molecule has 0 aromatic rings. The Kier molecular flexibility index (Phi) is 3.17. The fourth-order valence-corrected chi connectivity index (χ4v) is 4.53. The van der Waals surface area contributed by atoms with Crippen LogP contribution in [0.3, 0.4) is 0 Å². The van der Waals surface area contributed by atoms with Gasteiger partial charge in [-0.15, -0.1) is 0 Å². The molecule has 3 atom stereocenters. The molecule has 2 saturated heterocycles. The van der Waals surface area contributed by atoms with Crippen LogP contribution in [0, 0.1) is 11.8 Å². The number of ether oxygens (including phenoxy) is 1. The number of nitrogens with zero attached hydrogens (tertiary/aromatic N) is 1. The summed E-state index contributed by atoms with van der Waals surface area (Å²) in [6.45, 7) is 9.51. The van der Waals surface area contributed by atoms with Crippen LogP contribution in [-0.2, 0) is 4.74 Å². The second kappa shape index (κ2) is 4.69. The first-order valence-electron chi connectivity index (χ1n) is 8.72. The summed E-state index contributed by atoms with van der Waals surface area (Å²) in [7, 11) is 0. The highest BCUT2D eigenvalue weighted by molar-refractivity contribution is 5.11. The van der Waals surface area contributed by atoms with E-state index in [1.165, 1.54) is 51.6 Å². The summed E-state index contributed by atoms with van der Waals surface area (Å²) >= 11 is 0. The summed E-state index contributed by atoms with van der Waals surface area (Å²) < 4.78 is 5.93. The molecule has 4 aliphatic rings. The molecule has 0 bridgehead atoms. The summed E-state index contributed by atoms with van der Waals surface area (Å²) in [5.41, 5.74) is 0.730. The highest BCUT2D eigenvalue weighted by atomic mass is 16.5. The van der Waals surface area contributed by atoms with E-state index >= 15 is 0 Å². The molecule has 3 heteroatoms. The number of hydrogen-bond donors (Lipinski definition) is 1. The van der Waals surface area contributed by atoms with Crippen LogP contribution in [0.4, 0.5) is 0 Å². The Balaban J connectivity index is 1.51. The summed E-state index contributed by atoms with van der Waals surface area (Å²) in [6, 6.07) is 0. The molecule has 2 aliphatic carbocycles. The Labute approximate surface area is 123 Å². The molecule has 2 aliphatic heterocycles. The SMILES string of the molecule is CC1(C2CC2)CN(CC2CCCO2)C(C)(C2CC2)CN1. The standard InChI is InChI=1S/C17H30N2O/c1-16(13-5-6-13)12-19(10-15-4-3-9-20-15)17(2,11-18-16)14-7-8-14/h13-15,18H,3-12H2,1-2H3. The van der Waals surface area contributed by atoms with E-state index in [0.29, 0.717) is 17.2 Å². The van der Waals surface area contributed by atoms with Gasteiger partial charge in [0, 0.05) is 37.3 Å². The molecule has 3 nitrogen and oxygen atoms in total. The summed E-state index contributed by atoms with van der Waals surface area (Å²) in [6.07, 6.45) is 8.74. The zero-order chi connectivity index (χ0) is 13.8. The van der Waals surface area contributed by atoms with Crippen LogP contribution in [-0.4, -0.2) is 48.3 Å². The molecule has 20 heavy (non-hydrogen) atoms. The van der Waals surface area contributed by atoms with E-state index in [4.69, 9.17) is 4.74 Å². The summed E-state index contributed by atoms with van der Waals surface area (Å²) in [5, 5.41) is 3.94. The van der Waals surface area contributed by atoms with E-state index in [2.05, 4.69) is 24.1 Å². The molecule has 114 valence electrons. The quantitative estimate of drug-likeness (QED) is 0.854. The first kappa shape index (κ1) is 13.5. The maximum absolute atomic E-state index is 5.93. The van der Waals surface area contributed by atoms with Gasteiger partial charge in [-0.2, -0.15) is 0 Å². The minimum atomic E-state index is 0.354. The average molecular weight is 278 g/mol. The van der Waals surface area contributed by atoms with Crippen molar-refractivity contribution < 1.29 is 4.74 Å². The Bertz CT molecular complexity index is 373. The van der Waals surface area contributed by atoms with Crippen LogP contribution in [0.25, 0.3) is 0 Å². The van der Waals surface area contributed by atoms with Gasteiger partial charge in [0.15, 0.2) is 0 Å². The molecule has 2 saturated carbocycles. The predicted octanol–water partition coefficient (Wildman–Crippen LogP) is 2.41. The zero-order valence-electron chi connectivity index (χ0n) is 13.2. The highest BCUT2D eigenvalue weighted by Crippen LogP contribution is 2.48. The predicted molar refractivity (Wildman–Crippen MR) is 80.8 cm³/mol. The van der Waals surface area contributed by atoms with Crippen molar-refractivity contribution in [2.75, 3.05) is 26.2 Å². The van der Waals surface area contributed by atoms with Gasteiger partial charge in [0.05, 0.1) is 6.10 Å². The smallest absolute Gasteiger partial charge is 0.0703 e. The van der Waals surface area contributed by atoms with E-state index in [1.54, 1.807) is 0 Å². The van der Waals surface area contributed by atoms with E-state index in [9.17, 15) is 0 Å². The van der Waals surface area contributed by atoms with Crippen molar-refractivity contribution >= 4 is 0 Å². The molecule has 0 aromatic carbocycles. The number of piperazine rings is 1. The molecule has 0 amide bonds. The van der Waals surface area contributed by atoms with Crippen molar-refractivity contribution in [1.82, 2.24) is 10.2 Å². The fourth-order valence-electron chi connectivity index (χ4n) is 4.53. The van der Waals surface area contributed by atoms with Gasteiger partial charge < -0.3 is 10.1 Å². The van der Waals surface area contributed by atoms with Crippen LogP contribution in [0.2, 0.25) is 0 Å². The first-order valence-corrected chi connectivity index (χ1v) is 8.72. The lowest BCUT2D eigenvalue weighted by molar-refractivity contribution is -0.0337. The van der Waals surface area contributed by atoms with Gasteiger partial charge in [-0.25, -0.2) is 0 Å². The lowest BCUT2D eigenvalue weighted by Gasteiger charge is -2.53. The minimum Gasteiger partial charge on any atom is -0.377 e. The molecular weight excluding hydrogens is 248 g/mol. The van der Waals surface area contributed by atoms with Crippen LogP contribution in [0.1, 0.15) is 52.4 Å². The van der Waals surface area contributed by atoms with Gasteiger partial charge in [0.1, 0.15) is 0 Å². The van der Waals surface area contributed by atoms with E-state index in [-0.39, 0.29) is 0 Å². The molecular formula is C17H30N2O. The van der Waals surface area contributed by atoms with Crippen molar-refractivity contribution in [3.05, 3.63) is 0 Å². The van der Waals surface area contributed by atoms with Crippen LogP contribution < -0.4 is 5.32 Å². The molecule has 4 fully saturated rings. The lowest BCUT2D eigenvalue weighted by Crippen LogP contribution is -2.70. The molecule has 4 rings (SSSR count). The Hall–Kier alpha value is -0.120. The van der Waals surface area contributed by atoms with Gasteiger partial charge in [0.2, 0.25) is 0 Å². The first-order chi connectivity index (χ1) is 9.60. The highest BCUT2D eigenvalue weighted by Gasteiger charge is 2.54. The van der Waals surface area contributed by atoms with Gasteiger partial charge in [-0.05, 0) is 64.2 Å². The van der Waals surface area contributed by atoms with Crippen LogP contribution in [0.5, 0.6) is 0 Å². The van der Waals surface area contributed by atoms with Crippen molar-refractivity contribution in [3.8, 4) is 0 Å². The van der Waals surface area contributed by atoms with Gasteiger partial charge >= 0.3 is 0 Å². The lowest BCUT2D eigenvalue weighted by atomic mass is 9.82. The van der Waals surface area contributed by atoms with Crippen LogP contribution >= 0.6 is 0 Å². The van der Waals surface area contributed by atoms with Crippen molar-refractivity contribution in [1.29, 1.82) is 0 Å². The normalized spacial score (nSPS) is 46.8. The zero-order valence-corrected chi connectivity index (χ0v) is 13.2. The van der Waals surface area contributed by atoms with E-state index in [1.807, 2.05) is 0 Å². The number of rotatable bonds is 4. The maximum Gasteiger partial charge on any atom is 0.0703 e. The Morgan fingerprint density at radius 2 is 1.85 bits per heavy atom. The summed E-state index contributed by atoms with van der Waals surface area (Å²) in [5.74, 6) is 1.83. The Morgan fingerprint density at radius 1 is 1.10 bits per heavy atom. The number of hydrogen-bond acceptors (Lipinski definition) is 3. The van der Waals surface area contributed by atoms with Crippen molar-refractivity contribution in [2.24, 2.45) is 11.8 Å². The van der Waals surface area contributed by atoms with Gasteiger partial charge in [-0.3, -0.25) is 4.90 Å². The monoisotopic (exact) mass is 278 g/mol. The number of nitrogens with one attached hydrogen (secondary N) is 1. The third kappa shape index (κ3) is 2.32. The Morgan fingerprint density at radius 3 is 2.45 bits per heavy atom. The molecule has 2 heterocycles. The average Bonchev–Trinajstić information content (AvgIpc) is 3.32. The van der Waals surface area contributed by atoms with Crippen LogP contribution in [0.15, 0.2) is 0 Å². The second-order valence-electron chi connectivity index (χ2n) is 8.19. The van der Waals surface area contributed by atoms with Crippen molar-refractivity contribution in [3.63, 3.8) is 0 Å². The van der Waals surface area contributed by atoms with E-state index < -0.39 is 0 Å². The third-order valence-electron chi connectivity index (χ3n) is 6.48. The molecule has 3 unspecified atom stereocenters. The molecule has 0 radical (unpaired) electrons. The van der Waals surface area contributed by atoms with Gasteiger partial charge in [0.25, 0.3) is 0 Å². The molecule has 0 aromatic heterocycles.